The second-order valence-electron chi connectivity index (χ2n) is 15.5. The van der Waals surface area contributed by atoms with Crippen molar-refractivity contribution in [3.63, 3.8) is 0 Å². The molecule has 0 spiro atoms. The third kappa shape index (κ3) is 6.22. The molecule has 9 aromatic carbocycles. The Bertz CT molecular complexity index is 3190. The Morgan fingerprint density at radius 1 is 0.419 bits per heavy atom. The number of rotatable bonds is 8. The second-order valence-corrected chi connectivity index (χ2v) is 15.5. The van der Waals surface area contributed by atoms with E-state index in [0.29, 0.717) is 0 Å². The molecule has 1 heterocycles. The Labute approximate surface area is 356 Å². The number of ether oxygens (including phenoxy) is 1. The number of hydrogen-bond donors (Lipinski definition) is 0. The van der Waals surface area contributed by atoms with Crippen LogP contribution < -0.4 is 9.64 Å². The first-order valence-corrected chi connectivity index (χ1v) is 20.5. The van der Waals surface area contributed by atoms with E-state index < -0.39 is 11.8 Å². The van der Waals surface area contributed by atoms with Gasteiger partial charge in [0.2, 0.25) is 0 Å². The molecule has 0 radical (unpaired) electrons. The highest BCUT2D eigenvalue weighted by atomic mass is 19.4. The molecule has 10 aromatic rings. The highest BCUT2D eigenvalue weighted by molar-refractivity contribution is 6.09. The first-order valence-electron chi connectivity index (χ1n) is 20.5. The van der Waals surface area contributed by atoms with Gasteiger partial charge in [-0.1, -0.05) is 164 Å². The summed E-state index contributed by atoms with van der Waals surface area (Å²) >= 11 is 0. The molecule has 0 aliphatic heterocycles. The van der Waals surface area contributed by atoms with E-state index in [4.69, 9.17) is 4.42 Å². The average Bonchev–Trinajstić information content (AvgIpc) is 3.84. The van der Waals surface area contributed by atoms with Gasteiger partial charge in [-0.3, -0.25) is 0 Å². The number of nitrogens with zero attached hydrogens (tertiary/aromatic N) is 1. The molecule has 3 nitrogen and oxygen atoms in total. The lowest BCUT2D eigenvalue weighted by Gasteiger charge is -2.35. The quantitative estimate of drug-likeness (QED) is 0.153. The number of hydrogen-bond acceptors (Lipinski definition) is 3. The molecule has 1 aliphatic rings. The fraction of sp³-hybridized carbons (Fsp3) is 0.0357. The normalized spacial score (nSPS) is 12.9. The summed E-state index contributed by atoms with van der Waals surface area (Å²) in [6, 6.07) is 74.0. The van der Waals surface area contributed by atoms with Gasteiger partial charge in [0, 0.05) is 33.4 Å². The Morgan fingerprint density at radius 3 is 1.60 bits per heavy atom. The molecule has 0 amide bonds. The SMILES string of the molecule is FC(F)(F)Oc1ccc(-c2ccc(N(c3ccc(-c4cccc5c4oc4ccccc45)cc3)c3ccc4c(c3)C(c3ccccc3)(c3ccccc3)c3ccccc3-4)cc2)cc1. The molecule has 1 aliphatic carbocycles. The molecule has 1 aromatic heterocycles. The Morgan fingerprint density at radius 2 is 0.935 bits per heavy atom. The Balaban J connectivity index is 1.07. The van der Waals surface area contributed by atoms with E-state index in [9.17, 15) is 13.2 Å². The molecular weight excluding hydrogens is 776 g/mol. The maximum atomic E-state index is 12.9. The van der Waals surface area contributed by atoms with Gasteiger partial charge in [0.25, 0.3) is 0 Å². The third-order valence-electron chi connectivity index (χ3n) is 12.1. The van der Waals surface area contributed by atoms with Gasteiger partial charge >= 0.3 is 6.36 Å². The molecule has 6 heteroatoms. The maximum Gasteiger partial charge on any atom is 0.573 e. The highest BCUT2D eigenvalue weighted by Gasteiger charge is 2.46. The van der Waals surface area contributed by atoms with Crippen molar-refractivity contribution in [3.8, 4) is 39.1 Å². The predicted molar refractivity (Wildman–Crippen MR) is 243 cm³/mol. The van der Waals surface area contributed by atoms with Crippen molar-refractivity contribution in [3.05, 3.63) is 241 Å². The van der Waals surface area contributed by atoms with E-state index in [-0.39, 0.29) is 5.75 Å². The van der Waals surface area contributed by atoms with Crippen LogP contribution in [0.5, 0.6) is 5.75 Å². The van der Waals surface area contributed by atoms with Crippen LogP contribution >= 0.6 is 0 Å². The summed E-state index contributed by atoms with van der Waals surface area (Å²) in [6.45, 7) is 0. The van der Waals surface area contributed by atoms with Gasteiger partial charge in [0.15, 0.2) is 0 Å². The summed E-state index contributed by atoms with van der Waals surface area (Å²) in [4.78, 5) is 2.26. The van der Waals surface area contributed by atoms with Crippen molar-refractivity contribution in [2.24, 2.45) is 0 Å². The van der Waals surface area contributed by atoms with Gasteiger partial charge < -0.3 is 14.1 Å². The predicted octanol–water partition coefficient (Wildman–Crippen LogP) is 15.7. The van der Waals surface area contributed by atoms with E-state index in [1.165, 1.54) is 45.5 Å². The largest absolute Gasteiger partial charge is 0.573 e. The molecule has 0 fully saturated rings. The number of fused-ring (bicyclic) bond motifs is 6. The number of para-hydroxylation sites is 2. The lowest BCUT2D eigenvalue weighted by atomic mass is 9.67. The number of benzene rings is 9. The van der Waals surface area contributed by atoms with Crippen LogP contribution in [0.4, 0.5) is 30.2 Å². The molecule has 298 valence electrons. The smallest absolute Gasteiger partial charge is 0.455 e. The lowest BCUT2D eigenvalue weighted by Crippen LogP contribution is -2.28. The fourth-order valence-corrected chi connectivity index (χ4v) is 9.44. The molecule has 0 saturated carbocycles. The standard InChI is InChI=1S/C56H36F3NO2/c57-56(58,59)62-45-33-26-38(27-34-45)37-22-28-42(29-23-37)60(43-30-24-39(25-31-43)46-18-11-19-50-49-17-8-10-21-53(49)61-54(46)50)44-32-35-48-47-16-7-9-20-51(47)55(52(48)36-44,40-12-3-1-4-13-40)41-14-5-2-6-15-41/h1-36H. The van der Waals surface area contributed by atoms with Gasteiger partial charge in [-0.05, 0) is 105 Å². The minimum absolute atomic E-state index is 0.259. The van der Waals surface area contributed by atoms with Crippen molar-refractivity contribution in [2.75, 3.05) is 4.90 Å². The van der Waals surface area contributed by atoms with Gasteiger partial charge in [-0.15, -0.1) is 13.2 Å². The van der Waals surface area contributed by atoms with Crippen LogP contribution in [0.1, 0.15) is 22.3 Å². The van der Waals surface area contributed by atoms with E-state index >= 15 is 0 Å². The van der Waals surface area contributed by atoms with Gasteiger partial charge in [-0.2, -0.15) is 0 Å². The van der Waals surface area contributed by atoms with Crippen LogP contribution in [0, 0.1) is 0 Å². The molecule has 62 heavy (non-hydrogen) atoms. The molecule has 0 bridgehead atoms. The zero-order chi connectivity index (χ0) is 41.8. The molecule has 0 atom stereocenters. The van der Waals surface area contributed by atoms with E-state index in [1.807, 2.05) is 30.3 Å². The molecule has 11 rings (SSSR count). The van der Waals surface area contributed by atoms with Crippen LogP contribution in [0.25, 0.3) is 55.3 Å². The lowest BCUT2D eigenvalue weighted by molar-refractivity contribution is -0.274. The maximum absolute atomic E-state index is 12.9. The second kappa shape index (κ2) is 14.7. The molecule has 0 N–H and O–H groups in total. The zero-order valence-electron chi connectivity index (χ0n) is 33.2. The third-order valence-corrected chi connectivity index (χ3v) is 12.1. The highest BCUT2D eigenvalue weighted by Crippen LogP contribution is 2.57. The summed E-state index contributed by atoms with van der Waals surface area (Å²) in [5.41, 5.74) is 14.8. The average molecular weight is 812 g/mol. The zero-order valence-corrected chi connectivity index (χ0v) is 33.2. The van der Waals surface area contributed by atoms with Crippen molar-refractivity contribution in [2.45, 2.75) is 11.8 Å². The Hall–Kier alpha value is -7.83. The number of anilines is 3. The van der Waals surface area contributed by atoms with Gasteiger partial charge in [-0.25, -0.2) is 0 Å². The number of alkyl halides is 3. The Kier molecular flexibility index (Phi) is 8.83. The topological polar surface area (TPSA) is 25.6 Å². The van der Waals surface area contributed by atoms with Crippen LogP contribution in [0.15, 0.2) is 223 Å². The van der Waals surface area contributed by atoms with Crippen molar-refractivity contribution in [1.82, 2.24) is 0 Å². The van der Waals surface area contributed by atoms with Crippen LogP contribution in [-0.2, 0) is 5.41 Å². The summed E-state index contributed by atoms with van der Waals surface area (Å²) in [7, 11) is 0. The van der Waals surface area contributed by atoms with Gasteiger partial charge in [0.1, 0.15) is 16.9 Å². The fourth-order valence-electron chi connectivity index (χ4n) is 9.44. The van der Waals surface area contributed by atoms with Crippen molar-refractivity contribution >= 4 is 39.0 Å². The first kappa shape index (κ1) is 37.2. The summed E-state index contributed by atoms with van der Waals surface area (Å²) < 4.78 is 49.3. The summed E-state index contributed by atoms with van der Waals surface area (Å²) in [6.07, 6.45) is -4.76. The van der Waals surface area contributed by atoms with Crippen LogP contribution in [0.3, 0.4) is 0 Å². The van der Waals surface area contributed by atoms with E-state index in [1.54, 1.807) is 12.1 Å². The van der Waals surface area contributed by atoms with Gasteiger partial charge in [0.05, 0.1) is 5.41 Å². The molecule has 0 saturated heterocycles. The van der Waals surface area contributed by atoms with Crippen LogP contribution in [0.2, 0.25) is 0 Å². The minimum Gasteiger partial charge on any atom is -0.455 e. The monoisotopic (exact) mass is 811 g/mol. The summed E-state index contributed by atoms with van der Waals surface area (Å²) in [5, 5.41) is 2.16. The molecule has 0 unspecified atom stereocenters. The van der Waals surface area contributed by atoms with E-state index in [0.717, 1.165) is 61.3 Å². The van der Waals surface area contributed by atoms with Crippen molar-refractivity contribution in [1.29, 1.82) is 0 Å². The van der Waals surface area contributed by atoms with Crippen molar-refractivity contribution < 1.29 is 22.3 Å². The number of halogens is 3. The first-order chi connectivity index (χ1) is 30.3. The van der Waals surface area contributed by atoms with Crippen LogP contribution in [-0.4, -0.2) is 6.36 Å². The summed E-state index contributed by atoms with van der Waals surface area (Å²) in [5.74, 6) is -0.259. The minimum atomic E-state index is -4.76. The molecular formula is C56H36F3NO2. The van der Waals surface area contributed by atoms with E-state index in [2.05, 4.69) is 173 Å². The number of furan rings is 1.